The lowest BCUT2D eigenvalue weighted by atomic mass is 9.52. The average molecular weight is 372 g/mol. The van der Waals surface area contributed by atoms with Gasteiger partial charge in [-0.1, -0.05) is 6.58 Å². The first-order valence-electron chi connectivity index (χ1n) is 10.6. The van der Waals surface area contributed by atoms with Gasteiger partial charge in [0, 0.05) is 17.9 Å². The Morgan fingerprint density at radius 3 is 2.52 bits per heavy atom. The van der Waals surface area contributed by atoms with Gasteiger partial charge in [0.15, 0.2) is 0 Å². The average Bonchev–Trinajstić information content (AvgIpc) is 3.18. The summed E-state index contributed by atoms with van der Waals surface area (Å²) in [5.74, 6) is 1.83. The molecule has 6 saturated carbocycles. The number of carbonyl (C=O) groups excluding carboxylic acids is 2. The van der Waals surface area contributed by atoms with Gasteiger partial charge in [-0.2, -0.15) is 0 Å². The zero-order chi connectivity index (χ0) is 18.6. The summed E-state index contributed by atoms with van der Waals surface area (Å²) in [7, 11) is 0. The lowest BCUT2D eigenvalue weighted by molar-refractivity contribution is -0.256. The van der Waals surface area contributed by atoms with Crippen LogP contribution in [0.1, 0.15) is 58.3 Å². The molecule has 146 valence electrons. The molecule has 6 bridgehead atoms. The summed E-state index contributed by atoms with van der Waals surface area (Å²) in [5.41, 5.74) is -0.121. The van der Waals surface area contributed by atoms with E-state index in [0.29, 0.717) is 29.2 Å². The number of hydrogen-bond acceptors (Lipinski definition) is 5. The van der Waals surface area contributed by atoms with Crippen LogP contribution in [-0.2, 0) is 23.8 Å². The maximum absolute atomic E-state index is 12.3. The second kappa shape index (κ2) is 5.16. The third kappa shape index (κ3) is 2.27. The van der Waals surface area contributed by atoms with Gasteiger partial charge in [-0.25, -0.2) is 4.79 Å². The fourth-order valence-electron chi connectivity index (χ4n) is 7.99. The van der Waals surface area contributed by atoms with Gasteiger partial charge in [0.2, 0.25) is 0 Å². The highest BCUT2D eigenvalue weighted by atomic mass is 16.6. The molecule has 27 heavy (non-hydrogen) atoms. The van der Waals surface area contributed by atoms with Crippen LogP contribution in [0.2, 0.25) is 0 Å². The molecule has 5 heteroatoms. The predicted octanol–water partition coefficient (Wildman–Crippen LogP) is 3.16. The molecule has 7 atom stereocenters. The first kappa shape index (κ1) is 16.6. The van der Waals surface area contributed by atoms with Gasteiger partial charge in [0.25, 0.3) is 0 Å². The van der Waals surface area contributed by atoms with Gasteiger partial charge in [-0.05, 0) is 69.6 Å². The Morgan fingerprint density at radius 2 is 1.81 bits per heavy atom. The molecule has 1 heterocycles. The monoisotopic (exact) mass is 372 g/mol. The van der Waals surface area contributed by atoms with Crippen molar-refractivity contribution in [1.29, 1.82) is 0 Å². The fourth-order valence-corrected chi connectivity index (χ4v) is 7.99. The Bertz CT molecular complexity index is 727. The molecule has 0 N–H and O–H groups in total. The summed E-state index contributed by atoms with van der Waals surface area (Å²) in [4.78, 5) is 24.4. The number of rotatable bonds is 4. The molecule has 0 aromatic carbocycles. The zero-order valence-corrected chi connectivity index (χ0v) is 15.9. The van der Waals surface area contributed by atoms with E-state index in [4.69, 9.17) is 14.2 Å². The van der Waals surface area contributed by atoms with Gasteiger partial charge in [0.1, 0.15) is 11.7 Å². The molecule has 0 spiro atoms. The van der Waals surface area contributed by atoms with Gasteiger partial charge in [-0.3, -0.25) is 4.79 Å². The van der Waals surface area contributed by atoms with Gasteiger partial charge >= 0.3 is 11.9 Å². The van der Waals surface area contributed by atoms with E-state index < -0.39 is 0 Å². The fraction of sp³-hybridized carbons (Fsp3) is 0.818. The van der Waals surface area contributed by atoms with Crippen molar-refractivity contribution in [2.45, 2.75) is 81.7 Å². The van der Waals surface area contributed by atoms with Crippen molar-refractivity contribution < 1.29 is 23.8 Å². The number of fused-ring (bicyclic) bond motifs is 1. The van der Waals surface area contributed by atoms with Gasteiger partial charge < -0.3 is 14.2 Å². The Balaban J connectivity index is 1.26. The smallest absolute Gasteiger partial charge is 0.333 e. The van der Waals surface area contributed by atoms with E-state index in [9.17, 15) is 9.59 Å². The van der Waals surface area contributed by atoms with E-state index in [2.05, 4.69) is 6.58 Å². The third-order valence-electron chi connectivity index (χ3n) is 8.41. The van der Waals surface area contributed by atoms with Gasteiger partial charge in [0.05, 0.1) is 17.6 Å². The molecule has 5 nitrogen and oxygen atoms in total. The summed E-state index contributed by atoms with van der Waals surface area (Å²) in [6.45, 7) is 5.48. The lowest BCUT2D eigenvalue weighted by Crippen LogP contribution is -2.62. The Hall–Kier alpha value is -1.36. The quantitative estimate of drug-likeness (QED) is 0.560. The highest BCUT2D eigenvalue weighted by molar-refractivity contribution is 5.87. The maximum Gasteiger partial charge on any atom is 0.333 e. The van der Waals surface area contributed by atoms with Crippen molar-refractivity contribution in [1.82, 2.24) is 0 Å². The molecule has 0 radical (unpaired) electrons. The van der Waals surface area contributed by atoms with Crippen LogP contribution in [0.15, 0.2) is 12.2 Å². The predicted molar refractivity (Wildman–Crippen MR) is 95.5 cm³/mol. The third-order valence-corrected chi connectivity index (χ3v) is 8.41. The summed E-state index contributed by atoms with van der Waals surface area (Å²) >= 11 is 0. The van der Waals surface area contributed by atoms with E-state index in [1.54, 1.807) is 6.92 Å². The topological polar surface area (TPSA) is 61.8 Å². The molecule has 7 aliphatic rings. The number of esters is 2. The standard InChI is InChI=1S/C22H28O5/c1-11(2)19(23)27-22-8-12-3-13(9-22)7-21(6-12,10-22)26-17-14-4-15-16(5-14)20(24)25-18(15)17/h12-18H,1,3-10H2,2H3. The molecule has 1 saturated heterocycles. The Kier molecular flexibility index (Phi) is 3.17. The lowest BCUT2D eigenvalue weighted by Gasteiger charge is -2.61. The largest absolute Gasteiger partial charge is 0.459 e. The number of carbonyl (C=O) groups is 2. The second-order valence-corrected chi connectivity index (χ2v) is 10.5. The Morgan fingerprint density at radius 1 is 1.11 bits per heavy atom. The first-order chi connectivity index (χ1) is 12.9. The molecular weight excluding hydrogens is 344 g/mol. The van der Waals surface area contributed by atoms with Crippen molar-refractivity contribution in [2.75, 3.05) is 0 Å². The molecule has 0 amide bonds. The van der Waals surface area contributed by atoms with E-state index >= 15 is 0 Å². The van der Waals surface area contributed by atoms with Crippen molar-refractivity contribution >= 4 is 11.9 Å². The van der Waals surface area contributed by atoms with E-state index in [0.717, 1.165) is 44.9 Å². The minimum Gasteiger partial charge on any atom is -0.459 e. The van der Waals surface area contributed by atoms with Crippen molar-refractivity contribution in [3.8, 4) is 0 Å². The molecule has 6 aliphatic carbocycles. The van der Waals surface area contributed by atoms with E-state index in [1.807, 2.05) is 0 Å². The van der Waals surface area contributed by atoms with E-state index in [1.165, 1.54) is 6.42 Å². The second-order valence-electron chi connectivity index (χ2n) is 10.5. The highest BCUT2D eigenvalue weighted by Gasteiger charge is 2.66. The van der Waals surface area contributed by atoms with Crippen LogP contribution in [0.4, 0.5) is 0 Å². The molecular formula is C22H28O5. The van der Waals surface area contributed by atoms with E-state index in [-0.39, 0.29) is 41.3 Å². The molecule has 7 fully saturated rings. The minimum absolute atomic E-state index is 0.00373. The van der Waals surface area contributed by atoms with Crippen LogP contribution < -0.4 is 0 Å². The minimum atomic E-state index is -0.382. The van der Waals surface area contributed by atoms with Crippen LogP contribution in [0.25, 0.3) is 0 Å². The SMILES string of the molecule is C=C(C)C(=O)OC12CC3CC(C1)CC(OC1C4CC5C(=O)OC1C5C4)(C3)C2. The van der Waals surface area contributed by atoms with Crippen LogP contribution in [0.5, 0.6) is 0 Å². The van der Waals surface area contributed by atoms with Crippen molar-refractivity contribution in [3.63, 3.8) is 0 Å². The normalized spacial score (nSPS) is 53.7. The van der Waals surface area contributed by atoms with Crippen LogP contribution >= 0.6 is 0 Å². The molecule has 0 aromatic rings. The van der Waals surface area contributed by atoms with Crippen LogP contribution in [0.3, 0.4) is 0 Å². The number of hydrogen-bond donors (Lipinski definition) is 0. The van der Waals surface area contributed by atoms with Gasteiger partial charge in [-0.15, -0.1) is 0 Å². The molecule has 7 unspecified atom stereocenters. The maximum atomic E-state index is 12.3. The summed E-state index contributed by atoms with van der Waals surface area (Å²) in [6, 6.07) is 0. The summed E-state index contributed by atoms with van der Waals surface area (Å²) in [5, 5.41) is 0. The zero-order valence-electron chi connectivity index (χ0n) is 15.9. The molecule has 0 aromatic heterocycles. The first-order valence-corrected chi connectivity index (χ1v) is 10.6. The summed E-state index contributed by atoms with van der Waals surface area (Å²) in [6.07, 6.45) is 8.09. The summed E-state index contributed by atoms with van der Waals surface area (Å²) < 4.78 is 18.7. The number of ether oxygens (including phenoxy) is 3. The highest BCUT2D eigenvalue weighted by Crippen LogP contribution is 2.63. The van der Waals surface area contributed by atoms with Crippen LogP contribution in [-0.4, -0.2) is 35.3 Å². The van der Waals surface area contributed by atoms with Crippen molar-refractivity contribution in [2.24, 2.45) is 29.6 Å². The molecule has 1 aliphatic heterocycles. The van der Waals surface area contributed by atoms with Crippen molar-refractivity contribution in [3.05, 3.63) is 12.2 Å². The Labute approximate surface area is 159 Å². The molecule has 7 rings (SSSR count). The van der Waals surface area contributed by atoms with Crippen LogP contribution in [0, 0.1) is 29.6 Å².